The lowest BCUT2D eigenvalue weighted by Gasteiger charge is -2.34. The number of nitrogens with zero attached hydrogens (tertiary/aromatic N) is 3. The number of fused-ring (bicyclic) bond motifs is 1. The molecule has 2 aromatic carbocycles. The number of benzene rings is 2. The van der Waals surface area contributed by atoms with Gasteiger partial charge in [-0.1, -0.05) is 12.1 Å². The highest BCUT2D eigenvalue weighted by Crippen LogP contribution is 2.23. The standard InChI is InChI=1S/C23H23F3N4O4/c1-2-30-21(32)18-8-5-16(13-19(18)27-22(30)33)20(31)29-11-9-28(10-12-29)14-15-3-6-17(7-4-15)34-23(24,25)26/h3-8,13H,2,9-12,14H2,1H3,(H,27,33). The van der Waals surface area contributed by atoms with E-state index in [1.165, 1.54) is 18.2 Å². The van der Waals surface area contributed by atoms with Gasteiger partial charge in [0.1, 0.15) is 5.75 Å². The molecule has 0 spiro atoms. The summed E-state index contributed by atoms with van der Waals surface area (Å²) < 4.78 is 41.8. The first-order chi connectivity index (χ1) is 16.1. The maximum atomic E-state index is 13.0. The van der Waals surface area contributed by atoms with E-state index >= 15 is 0 Å². The molecule has 0 aliphatic carbocycles. The Bertz CT molecular complexity index is 1310. The number of hydrogen-bond acceptors (Lipinski definition) is 5. The lowest BCUT2D eigenvalue weighted by atomic mass is 10.1. The van der Waals surface area contributed by atoms with Gasteiger partial charge in [0.2, 0.25) is 0 Å². The summed E-state index contributed by atoms with van der Waals surface area (Å²) in [5.41, 5.74) is 0.626. The molecule has 34 heavy (non-hydrogen) atoms. The molecule has 3 aromatic rings. The summed E-state index contributed by atoms with van der Waals surface area (Å²) in [6, 6.07) is 10.4. The van der Waals surface area contributed by atoms with Gasteiger partial charge in [0.15, 0.2) is 0 Å². The average molecular weight is 476 g/mol. The van der Waals surface area contributed by atoms with E-state index in [4.69, 9.17) is 0 Å². The molecule has 1 saturated heterocycles. The monoisotopic (exact) mass is 476 g/mol. The lowest BCUT2D eigenvalue weighted by molar-refractivity contribution is -0.274. The molecule has 4 rings (SSSR count). The van der Waals surface area contributed by atoms with Gasteiger partial charge in [-0.15, -0.1) is 13.2 Å². The molecule has 11 heteroatoms. The van der Waals surface area contributed by atoms with Crippen LogP contribution in [-0.2, 0) is 13.1 Å². The molecular weight excluding hydrogens is 453 g/mol. The van der Waals surface area contributed by atoms with Gasteiger partial charge in [-0.3, -0.25) is 19.1 Å². The Labute approximate surface area is 192 Å². The molecule has 2 heterocycles. The van der Waals surface area contributed by atoms with Crippen LogP contribution in [0.15, 0.2) is 52.1 Å². The number of rotatable bonds is 5. The van der Waals surface area contributed by atoms with Gasteiger partial charge in [-0.2, -0.15) is 0 Å². The normalized spacial score (nSPS) is 15.0. The Balaban J connectivity index is 1.38. The van der Waals surface area contributed by atoms with E-state index < -0.39 is 17.6 Å². The minimum Gasteiger partial charge on any atom is -0.406 e. The number of nitrogens with one attached hydrogen (secondary N) is 1. The predicted molar refractivity (Wildman–Crippen MR) is 119 cm³/mol. The fourth-order valence-corrected chi connectivity index (χ4v) is 4.02. The van der Waals surface area contributed by atoms with E-state index in [2.05, 4.69) is 14.6 Å². The zero-order valence-corrected chi connectivity index (χ0v) is 18.4. The number of aromatic amines is 1. The SMILES string of the molecule is CCn1c(=O)[nH]c2cc(C(=O)N3CCN(Cc4ccc(OC(F)(F)F)cc4)CC3)ccc2c1=O. The van der Waals surface area contributed by atoms with Crippen LogP contribution in [0.4, 0.5) is 13.2 Å². The fourth-order valence-electron chi connectivity index (χ4n) is 4.02. The molecule has 1 amide bonds. The number of H-pyrrole nitrogens is 1. The van der Waals surface area contributed by atoms with Crippen molar-refractivity contribution in [1.82, 2.24) is 19.4 Å². The number of ether oxygens (including phenoxy) is 1. The zero-order valence-electron chi connectivity index (χ0n) is 18.4. The Morgan fingerprint density at radius 3 is 2.32 bits per heavy atom. The van der Waals surface area contributed by atoms with E-state index in [0.717, 1.165) is 10.1 Å². The third-order valence-electron chi connectivity index (χ3n) is 5.77. The number of amides is 1. The number of piperazine rings is 1. The summed E-state index contributed by atoms with van der Waals surface area (Å²) in [5, 5.41) is 0.342. The van der Waals surface area contributed by atoms with E-state index in [-0.39, 0.29) is 18.2 Å². The van der Waals surface area contributed by atoms with Crippen molar-refractivity contribution in [3.63, 3.8) is 0 Å². The van der Waals surface area contributed by atoms with Gasteiger partial charge >= 0.3 is 12.1 Å². The first-order valence-corrected chi connectivity index (χ1v) is 10.8. The van der Waals surface area contributed by atoms with Crippen LogP contribution < -0.4 is 16.0 Å². The largest absolute Gasteiger partial charge is 0.573 e. The van der Waals surface area contributed by atoms with Crippen molar-refractivity contribution in [2.24, 2.45) is 0 Å². The van der Waals surface area contributed by atoms with Crippen LogP contribution in [0.2, 0.25) is 0 Å². The van der Waals surface area contributed by atoms with Crippen LogP contribution >= 0.6 is 0 Å². The quantitative estimate of drug-likeness (QED) is 0.612. The van der Waals surface area contributed by atoms with E-state index in [9.17, 15) is 27.6 Å². The molecule has 1 aliphatic heterocycles. The molecule has 1 N–H and O–H groups in total. The minimum absolute atomic E-state index is 0.198. The molecule has 8 nitrogen and oxygen atoms in total. The van der Waals surface area contributed by atoms with Crippen LogP contribution in [0, 0.1) is 0 Å². The zero-order chi connectivity index (χ0) is 24.5. The molecule has 1 fully saturated rings. The highest BCUT2D eigenvalue weighted by molar-refractivity contribution is 5.97. The molecular formula is C23H23F3N4O4. The fraction of sp³-hybridized carbons (Fsp3) is 0.348. The summed E-state index contributed by atoms with van der Waals surface area (Å²) in [6.07, 6.45) is -4.72. The smallest absolute Gasteiger partial charge is 0.406 e. The number of alkyl halides is 3. The van der Waals surface area contributed by atoms with Crippen molar-refractivity contribution in [1.29, 1.82) is 0 Å². The van der Waals surface area contributed by atoms with Crippen LogP contribution in [0.25, 0.3) is 10.9 Å². The minimum atomic E-state index is -4.72. The maximum absolute atomic E-state index is 13.0. The number of halogens is 3. The third kappa shape index (κ3) is 5.14. The van der Waals surface area contributed by atoms with Crippen molar-refractivity contribution < 1.29 is 22.7 Å². The topological polar surface area (TPSA) is 87.6 Å². The number of carbonyl (C=O) groups is 1. The van der Waals surface area contributed by atoms with Gasteiger partial charge in [0.25, 0.3) is 11.5 Å². The first kappa shape index (κ1) is 23.6. The lowest BCUT2D eigenvalue weighted by Crippen LogP contribution is -2.48. The van der Waals surface area contributed by atoms with Crippen molar-refractivity contribution >= 4 is 16.8 Å². The summed E-state index contributed by atoms with van der Waals surface area (Å²) in [5.74, 6) is -0.465. The van der Waals surface area contributed by atoms with Crippen LogP contribution in [0.5, 0.6) is 5.75 Å². The Kier molecular flexibility index (Phi) is 6.47. The molecule has 0 atom stereocenters. The van der Waals surface area contributed by atoms with Crippen molar-refractivity contribution in [2.75, 3.05) is 26.2 Å². The molecule has 0 radical (unpaired) electrons. The highest BCUT2D eigenvalue weighted by Gasteiger charge is 2.31. The molecule has 0 saturated carbocycles. The van der Waals surface area contributed by atoms with Crippen molar-refractivity contribution in [2.45, 2.75) is 26.4 Å². The van der Waals surface area contributed by atoms with Crippen molar-refractivity contribution in [3.8, 4) is 5.75 Å². The second kappa shape index (κ2) is 9.34. The van der Waals surface area contributed by atoms with E-state index in [0.29, 0.717) is 49.2 Å². The number of aromatic nitrogens is 2. The molecule has 0 bridgehead atoms. The van der Waals surface area contributed by atoms with E-state index in [1.807, 2.05) is 0 Å². The summed E-state index contributed by atoms with van der Waals surface area (Å²) in [7, 11) is 0. The van der Waals surface area contributed by atoms with Gasteiger partial charge < -0.3 is 14.6 Å². The van der Waals surface area contributed by atoms with Gasteiger partial charge in [0, 0.05) is 44.8 Å². The second-order valence-corrected chi connectivity index (χ2v) is 8.00. The summed E-state index contributed by atoms with van der Waals surface area (Å²) in [4.78, 5) is 43.9. The Hall–Kier alpha value is -3.60. The maximum Gasteiger partial charge on any atom is 0.573 e. The Morgan fingerprint density at radius 2 is 1.71 bits per heavy atom. The van der Waals surface area contributed by atoms with Crippen LogP contribution in [0.1, 0.15) is 22.8 Å². The number of hydrogen-bond donors (Lipinski definition) is 1. The highest BCUT2D eigenvalue weighted by atomic mass is 19.4. The third-order valence-corrected chi connectivity index (χ3v) is 5.77. The van der Waals surface area contributed by atoms with Crippen LogP contribution in [-0.4, -0.2) is 57.8 Å². The summed E-state index contributed by atoms with van der Waals surface area (Å²) in [6.45, 7) is 4.63. The first-order valence-electron chi connectivity index (χ1n) is 10.8. The summed E-state index contributed by atoms with van der Waals surface area (Å²) >= 11 is 0. The van der Waals surface area contributed by atoms with Gasteiger partial charge in [-0.05, 0) is 42.8 Å². The average Bonchev–Trinajstić information content (AvgIpc) is 2.79. The van der Waals surface area contributed by atoms with Gasteiger partial charge in [0.05, 0.1) is 10.9 Å². The van der Waals surface area contributed by atoms with E-state index in [1.54, 1.807) is 36.1 Å². The molecule has 1 aromatic heterocycles. The molecule has 0 unspecified atom stereocenters. The Morgan fingerprint density at radius 1 is 1.03 bits per heavy atom. The second-order valence-electron chi connectivity index (χ2n) is 8.00. The molecule has 1 aliphatic rings. The van der Waals surface area contributed by atoms with Gasteiger partial charge in [-0.25, -0.2) is 4.79 Å². The van der Waals surface area contributed by atoms with Crippen LogP contribution in [0.3, 0.4) is 0 Å². The predicted octanol–water partition coefficient (Wildman–Crippen LogP) is 2.57. The number of carbonyl (C=O) groups excluding carboxylic acids is 1. The van der Waals surface area contributed by atoms with Crippen molar-refractivity contribution in [3.05, 3.63) is 74.4 Å². The molecule has 180 valence electrons.